The predicted octanol–water partition coefficient (Wildman–Crippen LogP) is 1.47. The van der Waals surface area contributed by atoms with Crippen molar-refractivity contribution in [3.8, 4) is 11.5 Å². The number of aromatic amines is 1. The van der Waals surface area contributed by atoms with Crippen molar-refractivity contribution in [2.75, 3.05) is 27.3 Å². The average molecular weight is 367 g/mol. The number of methoxy groups -OCH3 is 2. The second-order valence-electron chi connectivity index (χ2n) is 5.64. The Morgan fingerprint density at radius 2 is 2.16 bits per heavy atom. The van der Waals surface area contributed by atoms with Crippen molar-refractivity contribution in [1.29, 1.82) is 0 Å². The van der Waals surface area contributed by atoms with Gasteiger partial charge in [0.2, 0.25) is 0 Å². The Hall–Kier alpha value is -2.25. The van der Waals surface area contributed by atoms with E-state index in [4.69, 9.17) is 9.47 Å². The molecule has 0 radical (unpaired) electrons. The Labute approximate surface area is 152 Å². The van der Waals surface area contributed by atoms with Gasteiger partial charge in [0, 0.05) is 37.3 Å². The van der Waals surface area contributed by atoms with Gasteiger partial charge < -0.3 is 20.1 Å². The number of fused-ring (bicyclic) bond motifs is 1. The van der Waals surface area contributed by atoms with Crippen molar-refractivity contribution in [2.24, 2.45) is 0 Å². The molecule has 3 rings (SSSR count). The van der Waals surface area contributed by atoms with Crippen LogP contribution in [0.25, 0.3) is 0 Å². The molecular formula is C17H23ClN4O3. The third-order valence-corrected chi connectivity index (χ3v) is 4.19. The lowest BCUT2D eigenvalue weighted by Crippen LogP contribution is -2.29. The zero-order valence-corrected chi connectivity index (χ0v) is 15.2. The second kappa shape index (κ2) is 8.73. The summed E-state index contributed by atoms with van der Waals surface area (Å²) < 4.78 is 10.6. The van der Waals surface area contributed by atoms with Crippen LogP contribution in [0.1, 0.15) is 27.3 Å². The van der Waals surface area contributed by atoms with E-state index in [9.17, 15) is 4.79 Å². The molecule has 0 saturated carbocycles. The third kappa shape index (κ3) is 4.24. The summed E-state index contributed by atoms with van der Waals surface area (Å²) in [6.45, 7) is 2.08. The summed E-state index contributed by atoms with van der Waals surface area (Å²) >= 11 is 0. The number of halogens is 1. The van der Waals surface area contributed by atoms with Crippen LogP contribution in [-0.2, 0) is 19.4 Å². The number of nitrogens with zero attached hydrogens (tertiary/aromatic N) is 1. The van der Waals surface area contributed by atoms with Crippen molar-refractivity contribution in [3.05, 3.63) is 40.7 Å². The van der Waals surface area contributed by atoms with Crippen LogP contribution >= 0.6 is 12.4 Å². The lowest BCUT2D eigenvalue weighted by Gasteiger charge is -2.13. The summed E-state index contributed by atoms with van der Waals surface area (Å²) in [4.78, 5) is 12.4. The van der Waals surface area contributed by atoms with Crippen molar-refractivity contribution < 1.29 is 14.3 Å². The molecule has 0 saturated heterocycles. The molecule has 0 bridgehead atoms. The van der Waals surface area contributed by atoms with Crippen LogP contribution in [0, 0.1) is 0 Å². The minimum absolute atomic E-state index is 0. The van der Waals surface area contributed by atoms with Gasteiger partial charge in [0.05, 0.1) is 14.2 Å². The number of carbonyl (C=O) groups is 1. The number of rotatable bonds is 6. The molecule has 0 aliphatic carbocycles. The zero-order chi connectivity index (χ0) is 16.9. The highest BCUT2D eigenvalue weighted by atomic mass is 35.5. The van der Waals surface area contributed by atoms with Gasteiger partial charge in [-0.3, -0.25) is 9.89 Å². The van der Waals surface area contributed by atoms with Gasteiger partial charge in [-0.1, -0.05) is 0 Å². The minimum Gasteiger partial charge on any atom is -0.497 e. The molecule has 0 atom stereocenters. The molecule has 1 aromatic carbocycles. The monoisotopic (exact) mass is 366 g/mol. The Morgan fingerprint density at radius 1 is 1.32 bits per heavy atom. The van der Waals surface area contributed by atoms with Crippen molar-refractivity contribution in [2.45, 2.75) is 19.4 Å². The molecule has 1 aliphatic heterocycles. The molecular weight excluding hydrogens is 344 g/mol. The van der Waals surface area contributed by atoms with E-state index in [0.29, 0.717) is 25.2 Å². The van der Waals surface area contributed by atoms with Crippen molar-refractivity contribution in [3.63, 3.8) is 0 Å². The Kier molecular flexibility index (Phi) is 6.66. The summed E-state index contributed by atoms with van der Waals surface area (Å²) in [6.07, 6.45) is 1.52. The zero-order valence-electron chi connectivity index (χ0n) is 14.3. The molecule has 2 heterocycles. The standard InChI is InChI=1S/C17H22N4O3.ClH/c1-23-12-3-4-15(24-2)11(9-12)5-8-19-17(22)16-13-10-18-7-6-14(13)20-21-16;/h3-4,9,18H,5-8,10H2,1-2H3,(H,19,22)(H,20,21);1H. The van der Waals surface area contributed by atoms with Gasteiger partial charge in [-0.2, -0.15) is 5.10 Å². The Balaban J connectivity index is 0.00000225. The van der Waals surface area contributed by atoms with E-state index in [0.717, 1.165) is 41.3 Å². The first-order chi connectivity index (χ1) is 11.7. The molecule has 25 heavy (non-hydrogen) atoms. The first-order valence-corrected chi connectivity index (χ1v) is 7.99. The minimum atomic E-state index is -0.155. The van der Waals surface area contributed by atoms with Crippen LogP contribution in [0.5, 0.6) is 11.5 Å². The third-order valence-electron chi connectivity index (χ3n) is 4.19. The van der Waals surface area contributed by atoms with Crippen molar-refractivity contribution in [1.82, 2.24) is 20.8 Å². The van der Waals surface area contributed by atoms with E-state index >= 15 is 0 Å². The second-order valence-corrected chi connectivity index (χ2v) is 5.64. The summed E-state index contributed by atoms with van der Waals surface area (Å²) in [6, 6.07) is 5.64. The van der Waals surface area contributed by atoms with E-state index in [-0.39, 0.29) is 18.3 Å². The van der Waals surface area contributed by atoms with Gasteiger partial charge in [0.1, 0.15) is 11.5 Å². The first-order valence-electron chi connectivity index (χ1n) is 7.99. The highest BCUT2D eigenvalue weighted by molar-refractivity contribution is 5.94. The first kappa shape index (κ1) is 19.1. The van der Waals surface area contributed by atoms with Crippen LogP contribution in [0.2, 0.25) is 0 Å². The van der Waals surface area contributed by atoms with Crippen LogP contribution in [0.15, 0.2) is 18.2 Å². The van der Waals surface area contributed by atoms with Gasteiger partial charge in [0.25, 0.3) is 5.91 Å². The van der Waals surface area contributed by atoms with E-state index in [1.807, 2.05) is 18.2 Å². The number of nitrogens with one attached hydrogen (secondary N) is 3. The summed E-state index contributed by atoms with van der Waals surface area (Å²) in [5.74, 6) is 1.40. The van der Waals surface area contributed by atoms with Gasteiger partial charge >= 0.3 is 0 Å². The maximum absolute atomic E-state index is 12.4. The average Bonchev–Trinajstić information content (AvgIpc) is 3.05. The molecule has 0 spiro atoms. The maximum Gasteiger partial charge on any atom is 0.272 e. The van der Waals surface area contributed by atoms with Crippen LogP contribution in [-0.4, -0.2) is 43.4 Å². The molecule has 3 N–H and O–H groups in total. The summed E-state index contributed by atoms with van der Waals surface area (Å²) in [7, 11) is 3.26. The molecule has 136 valence electrons. The van der Waals surface area contributed by atoms with Crippen molar-refractivity contribution >= 4 is 18.3 Å². The number of hydrogen-bond donors (Lipinski definition) is 3. The fraction of sp³-hybridized carbons (Fsp3) is 0.412. The van der Waals surface area contributed by atoms with Crippen LogP contribution in [0.3, 0.4) is 0 Å². The topological polar surface area (TPSA) is 88.3 Å². The normalized spacial score (nSPS) is 12.7. The van der Waals surface area contributed by atoms with Crippen LogP contribution < -0.4 is 20.1 Å². The molecule has 7 nitrogen and oxygen atoms in total. The SMILES string of the molecule is COc1ccc(OC)c(CCNC(=O)c2n[nH]c3c2CNCC3)c1.Cl. The summed E-state index contributed by atoms with van der Waals surface area (Å²) in [5, 5.41) is 13.3. The van der Waals surface area contributed by atoms with Gasteiger partial charge in [-0.15, -0.1) is 12.4 Å². The smallest absolute Gasteiger partial charge is 0.272 e. The molecule has 0 unspecified atom stereocenters. The number of H-pyrrole nitrogens is 1. The Bertz CT molecular complexity index is 733. The highest BCUT2D eigenvalue weighted by Gasteiger charge is 2.21. The molecule has 0 fully saturated rings. The van der Waals surface area contributed by atoms with Crippen LogP contribution in [0.4, 0.5) is 0 Å². The molecule has 8 heteroatoms. The van der Waals surface area contributed by atoms with E-state index in [1.165, 1.54) is 0 Å². The largest absolute Gasteiger partial charge is 0.497 e. The lowest BCUT2D eigenvalue weighted by atomic mass is 10.1. The molecule has 1 aliphatic rings. The number of carbonyl (C=O) groups excluding carboxylic acids is 1. The number of benzene rings is 1. The number of hydrogen-bond acceptors (Lipinski definition) is 5. The van der Waals surface area contributed by atoms with Gasteiger partial charge in [0.15, 0.2) is 5.69 Å². The number of amides is 1. The fourth-order valence-electron chi connectivity index (χ4n) is 2.88. The van der Waals surface area contributed by atoms with E-state index in [2.05, 4.69) is 20.8 Å². The number of ether oxygens (including phenoxy) is 2. The molecule has 2 aromatic rings. The fourth-order valence-corrected chi connectivity index (χ4v) is 2.88. The highest BCUT2D eigenvalue weighted by Crippen LogP contribution is 2.24. The Morgan fingerprint density at radius 3 is 2.92 bits per heavy atom. The predicted molar refractivity (Wildman–Crippen MR) is 96.8 cm³/mol. The summed E-state index contributed by atoms with van der Waals surface area (Å²) in [5.41, 5.74) is 3.49. The van der Waals surface area contributed by atoms with E-state index < -0.39 is 0 Å². The van der Waals surface area contributed by atoms with E-state index in [1.54, 1.807) is 14.2 Å². The molecule has 1 aromatic heterocycles. The van der Waals surface area contributed by atoms with Gasteiger partial charge in [-0.05, 0) is 30.2 Å². The quantitative estimate of drug-likeness (QED) is 0.720. The number of aromatic nitrogens is 2. The maximum atomic E-state index is 12.4. The van der Waals surface area contributed by atoms with Gasteiger partial charge in [-0.25, -0.2) is 0 Å². The lowest BCUT2D eigenvalue weighted by molar-refractivity contribution is 0.0948. The molecule has 1 amide bonds.